The van der Waals surface area contributed by atoms with Gasteiger partial charge in [0, 0.05) is 56.9 Å². The van der Waals surface area contributed by atoms with Crippen LogP contribution in [0.2, 0.25) is 0 Å². The highest BCUT2D eigenvalue weighted by Gasteiger charge is 2.53. The molecule has 0 radical (unpaired) electrons. The van der Waals surface area contributed by atoms with E-state index in [1.807, 2.05) is 0 Å². The Bertz CT molecular complexity index is 7070. The van der Waals surface area contributed by atoms with E-state index in [1.54, 1.807) is 0 Å². The summed E-state index contributed by atoms with van der Waals surface area (Å²) in [5, 5.41) is 4.39. The van der Waals surface area contributed by atoms with Crippen LogP contribution >= 0.6 is 0 Å². The average Bonchev–Trinajstić information content (AvgIpc) is 0.677. The highest BCUT2D eigenvalue weighted by atomic mass is 16.5. The van der Waals surface area contributed by atoms with Crippen molar-refractivity contribution in [3.63, 3.8) is 0 Å². The molecule has 8 aliphatic heterocycles. The predicted octanol–water partition coefficient (Wildman–Crippen LogP) is 23.0. The molecule has 119 heavy (non-hydrogen) atoms. The van der Waals surface area contributed by atoms with Crippen molar-refractivity contribution in [2.24, 2.45) is 0 Å². The van der Waals surface area contributed by atoms with Crippen molar-refractivity contribution < 1.29 is 9.47 Å². The van der Waals surface area contributed by atoms with E-state index >= 15 is 0 Å². The molecular formula is C108H91B3N6O2. The van der Waals surface area contributed by atoms with E-state index in [0.29, 0.717) is 0 Å². The molecular weight excluding hydrogens is 1450 g/mol. The second kappa shape index (κ2) is 25.2. The van der Waals surface area contributed by atoms with E-state index in [2.05, 4.69) is 373 Å². The Morgan fingerprint density at radius 3 is 0.866 bits per heavy atom. The second-order valence-corrected chi connectivity index (χ2v) is 36.0. The first-order valence-electron chi connectivity index (χ1n) is 42.4. The number of para-hydroxylation sites is 6. The Hall–Kier alpha value is -13.1. The lowest BCUT2D eigenvalue weighted by Gasteiger charge is -2.49. The topological polar surface area (TPSA) is 46.7 Å². The summed E-state index contributed by atoms with van der Waals surface area (Å²) in [6.07, 6.45) is 0. The van der Waals surface area contributed by atoms with Crippen LogP contribution in [0.3, 0.4) is 0 Å². The van der Waals surface area contributed by atoms with Crippen molar-refractivity contribution in [1.29, 1.82) is 0 Å². The molecule has 23 rings (SSSR count). The number of anilines is 17. The van der Waals surface area contributed by atoms with Crippen LogP contribution < -0.4 is 88.5 Å². The van der Waals surface area contributed by atoms with E-state index in [4.69, 9.17) is 9.47 Å². The molecule has 574 valence electrons. The van der Waals surface area contributed by atoms with Gasteiger partial charge in [0.15, 0.2) is 23.0 Å². The highest BCUT2D eigenvalue weighted by Crippen LogP contribution is 2.59. The van der Waals surface area contributed by atoms with Gasteiger partial charge in [-0.2, -0.15) is 0 Å². The predicted molar refractivity (Wildman–Crippen MR) is 505 cm³/mol. The van der Waals surface area contributed by atoms with Gasteiger partial charge in [-0.1, -0.05) is 167 Å². The highest BCUT2D eigenvalue weighted by molar-refractivity contribution is 7.04. The van der Waals surface area contributed by atoms with Crippen LogP contribution in [0.4, 0.5) is 96.7 Å². The van der Waals surface area contributed by atoms with E-state index in [-0.39, 0.29) is 20.1 Å². The van der Waals surface area contributed by atoms with Gasteiger partial charge in [-0.15, -0.1) is 0 Å². The molecule has 0 aliphatic carbocycles. The molecule has 8 nitrogen and oxygen atoms in total. The van der Waals surface area contributed by atoms with Crippen LogP contribution in [0.5, 0.6) is 23.0 Å². The zero-order valence-corrected chi connectivity index (χ0v) is 71.1. The summed E-state index contributed by atoms with van der Waals surface area (Å²) in [5.41, 5.74) is 60.1. The van der Waals surface area contributed by atoms with Crippen molar-refractivity contribution in [3.8, 4) is 56.4 Å². The number of benzene rings is 15. The maximum atomic E-state index is 7.23. The van der Waals surface area contributed by atoms with E-state index in [1.165, 1.54) is 217 Å². The summed E-state index contributed by atoms with van der Waals surface area (Å²) in [7, 11) is 0. The van der Waals surface area contributed by atoms with Crippen LogP contribution in [0.25, 0.3) is 33.4 Å². The number of fused-ring (bicyclic) bond motifs is 16. The molecule has 0 saturated carbocycles. The van der Waals surface area contributed by atoms with Crippen LogP contribution in [-0.4, -0.2) is 20.1 Å². The Labute approximate surface area is 700 Å². The van der Waals surface area contributed by atoms with Crippen molar-refractivity contribution in [2.45, 2.75) is 125 Å². The molecule has 0 atom stereocenters. The minimum Gasteiger partial charge on any atom is -0.453 e. The van der Waals surface area contributed by atoms with Crippen LogP contribution in [0.15, 0.2) is 218 Å². The second-order valence-electron chi connectivity index (χ2n) is 36.0. The van der Waals surface area contributed by atoms with E-state index in [9.17, 15) is 0 Å². The smallest absolute Gasteiger partial charge is 0.252 e. The zero-order valence-electron chi connectivity index (χ0n) is 71.1. The molecule has 1 N–H and O–H groups in total. The molecule has 11 heteroatoms. The third-order valence-electron chi connectivity index (χ3n) is 27.4. The molecule has 0 spiro atoms. The first kappa shape index (κ1) is 71.2. The fourth-order valence-electron chi connectivity index (χ4n) is 23.9. The van der Waals surface area contributed by atoms with Gasteiger partial charge in [0.2, 0.25) is 0 Å². The summed E-state index contributed by atoms with van der Waals surface area (Å²) < 4.78 is 14.4. The lowest BCUT2D eigenvalue weighted by atomic mass is 9.29. The van der Waals surface area contributed by atoms with Crippen LogP contribution in [0.1, 0.15) is 100 Å². The van der Waals surface area contributed by atoms with Gasteiger partial charge in [-0.3, -0.25) is 0 Å². The molecule has 0 unspecified atom stereocenters. The number of rotatable bonds is 6. The molecule has 8 heterocycles. The molecule has 15 aromatic rings. The summed E-state index contributed by atoms with van der Waals surface area (Å²) in [5.74, 6) is 3.38. The molecule has 0 fully saturated rings. The minimum absolute atomic E-state index is 0.215. The Morgan fingerprint density at radius 2 is 0.496 bits per heavy atom. The molecule has 8 aliphatic rings. The fraction of sp³-hybridized carbons (Fsp3) is 0.167. The van der Waals surface area contributed by atoms with E-state index < -0.39 is 0 Å². The van der Waals surface area contributed by atoms with Crippen molar-refractivity contribution in [3.05, 3.63) is 319 Å². The van der Waals surface area contributed by atoms with Gasteiger partial charge in [0.1, 0.15) is 0 Å². The van der Waals surface area contributed by atoms with Gasteiger partial charge >= 0.3 is 0 Å². The third-order valence-corrected chi connectivity index (χ3v) is 27.4. The molecule has 0 saturated heterocycles. The van der Waals surface area contributed by atoms with E-state index in [0.717, 1.165) is 85.6 Å². The fourth-order valence-corrected chi connectivity index (χ4v) is 23.9. The molecule has 0 bridgehead atoms. The number of hydrogen-bond donors (Lipinski definition) is 1. The van der Waals surface area contributed by atoms with Gasteiger partial charge in [-0.25, -0.2) is 0 Å². The summed E-state index contributed by atoms with van der Waals surface area (Å²) in [4.78, 5) is 13.3. The Balaban J connectivity index is 0.881. The number of ether oxygens (including phenoxy) is 2. The third kappa shape index (κ3) is 10.0. The lowest BCUT2D eigenvalue weighted by Crippen LogP contribution is -2.66. The SMILES string of the molecule is Cc1cc(C)c(-c2cc3c4c(c2)N2c5ccccc5Oc5cccc(c52)B4c2cc4c(cc2N3)N(c2c(C)cc(C)cc2C)c2cc(-c3c(C)cc(C)cc3C)cc3c2B4c2cc4c(cc2N3c2c(C)cc(C)cc2C)N(c2c(C)cc(C)cc2C)c2cc(-c3c(C)cc(C)cc3C)cc3c2B4c2cccc4c2N3c2ccccc2O4)c(C)c1. The van der Waals surface area contributed by atoms with Crippen LogP contribution in [-0.2, 0) is 0 Å². The normalized spacial score (nSPS) is 13.9. The first-order valence-corrected chi connectivity index (χ1v) is 42.4. The van der Waals surface area contributed by atoms with Crippen LogP contribution in [0, 0.1) is 125 Å². The number of nitrogens with one attached hydrogen (secondary N) is 1. The van der Waals surface area contributed by atoms with Crippen molar-refractivity contribution in [1.82, 2.24) is 0 Å². The lowest BCUT2D eigenvalue weighted by molar-refractivity contribution is 0.477. The number of aryl methyl sites for hydroxylation is 18. The molecule has 15 aromatic carbocycles. The van der Waals surface area contributed by atoms with Crippen molar-refractivity contribution in [2.75, 3.05) is 29.8 Å². The minimum atomic E-state index is -0.331. The quantitative estimate of drug-likeness (QED) is 0.165. The largest absolute Gasteiger partial charge is 0.453 e. The monoisotopic (exact) mass is 1540 g/mol. The first-order chi connectivity index (χ1) is 57.4. The average molecular weight is 1540 g/mol. The maximum absolute atomic E-state index is 7.23. The van der Waals surface area contributed by atoms with Gasteiger partial charge in [-0.05, 0) is 359 Å². The number of hydrogen-bond acceptors (Lipinski definition) is 8. The summed E-state index contributed by atoms with van der Waals surface area (Å²) in [6, 6.07) is 85.5. The van der Waals surface area contributed by atoms with Gasteiger partial charge in [0.05, 0.1) is 39.8 Å². The molecule has 0 aromatic heterocycles. The Morgan fingerprint density at radius 1 is 0.210 bits per heavy atom. The standard InChI is InChI=1S/C108H91B3N6O2/c1-55-33-61(7)98(62(8)34-55)73-45-83-101-89(46-73)113-84-27-19-21-29-94(84)118-96-31-23-25-76(107(96)113)109(101)78-51-79-86(53-82(78)112-83)115(104-67(13)39-58(4)40-68(104)14)92-49-75(100-65(11)37-57(3)38-66(100)12)50-93-103(92)111(79)81-52-80-87(54-88(81)117(93)106-71(17)43-60(6)44-72(106)18)116(105-69(15)41-59(5)42-70(105)16)91-48-74(99-63(9)35-56(2)36-64(99)10)47-90-102(91)110(80)77-26-24-32-97-108(77)114(90)85-28-20-22-30-95(85)119-97/h19-54,112H,1-18H3. The van der Waals surface area contributed by atoms with Gasteiger partial charge in [0.25, 0.3) is 20.1 Å². The summed E-state index contributed by atoms with van der Waals surface area (Å²) >= 11 is 0. The Kier molecular flexibility index (Phi) is 15.1. The maximum Gasteiger partial charge on any atom is 0.252 e. The number of nitrogens with zero attached hydrogens (tertiary/aromatic N) is 5. The van der Waals surface area contributed by atoms with Crippen molar-refractivity contribution >= 4 is 166 Å². The van der Waals surface area contributed by atoms with Gasteiger partial charge < -0.3 is 39.3 Å². The molecule has 0 amide bonds. The zero-order chi connectivity index (χ0) is 81.4. The summed E-state index contributed by atoms with van der Waals surface area (Å²) in [6.45, 7) is 40.5.